The molecule has 0 bridgehead atoms. The molecule has 0 aliphatic heterocycles. The summed E-state index contributed by atoms with van der Waals surface area (Å²) < 4.78 is 69.7. The summed E-state index contributed by atoms with van der Waals surface area (Å²) in [5, 5.41) is 0. The van der Waals surface area contributed by atoms with E-state index in [1.165, 1.54) is 11.0 Å². The molecule has 0 radical (unpaired) electrons. The molecule has 1 aliphatic carbocycles. The van der Waals surface area contributed by atoms with Crippen LogP contribution in [0.1, 0.15) is 38.8 Å². The van der Waals surface area contributed by atoms with Crippen molar-refractivity contribution in [2.75, 3.05) is 31.1 Å². The van der Waals surface area contributed by atoms with Crippen molar-refractivity contribution in [3.05, 3.63) is 83.5 Å². The predicted octanol–water partition coefficient (Wildman–Crippen LogP) is 2.90. The molecule has 0 heterocycles. The van der Waals surface area contributed by atoms with Gasteiger partial charge in [0.15, 0.2) is 0 Å². The van der Waals surface area contributed by atoms with Crippen LogP contribution in [0.15, 0.2) is 82.1 Å². The first-order valence-electron chi connectivity index (χ1n) is 12.3. The third kappa shape index (κ3) is 6.58. The van der Waals surface area contributed by atoms with Gasteiger partial charge in [0.25, 0.3) is 10.1 Å². The summed E-state index contributed by atoms with van der Waals surface area (Å²) >= 11 is 0. The highest BCUT2D eigenvalue weighted by molar-refractivity contribution is 7.86. The third-order valence-corrected chi connectivity index (χ3v) is 8.43. The Morgan fingerprint density at radius 1 is 0.919 bits per heavy atom. The molecule has 0 saturated heterocycles. The maximum atomic E-state index is 12.3. The quantitative estimate of drug-likeness (QED) is 0.440. The van der Waals surface area contributed by atoms with Crippen molar-refractivity contribution >= 4 is 31.5 Å². The fraction of sp³-hybridized carbons (Fsp3) is 0.333. The number of allylic oxidation sites excluding steroid dienone is 3. The maximum Gasteiger partial charge on any atom is 0.294 e. The molecule has 2 aromatic carbocycles. The lowest BCUT2D eigenvalue weighted by atomic mass is 9.90. The van der Waals surface area contributed by atoms with Crippen LogP contribution in [0.4, 0.5) is 5.69 Å². The number of hydrogen-bond acceptors (Lipinski definition) is 6. The minimum absolute atomic E-state index is 0.0657. The van der Waals surface area contributed by atoms with Crippen LogP contribution in [-0.2, 0) is 20.2 Å². The predicted molar refractivity (Wildman–Crippen MR) is 144 cm³/mol. The van der Waals surface area contributed by atoms with E-state index in [1.807, 2.05) is 48.6 Å². The first-order chi connectivity index (χ1) is 17.4. The molecule has 3 rings (SSSR count). The van der Waals surface area contributed by atoms with Crippen LogP contribution >= 0.6 is 0 Å². The van der Waals surface area contributed by atoms with Crippen molar-refractivity contribution in [2.24, 2.45) is 0 Å². The lowest BCUT2D eigenvalue weighted by Crippen LogP contribution is -3.14. The Bertz CT molecular complexity index is 1400. The van der Waals surface area contributed by atoms with E-state index in [9.17, 15) is 25.9 Å². The molecule has 0 spiro atoms. The first kappa shape index (κ1) is 28.8. The maximum absolute atomic E-state index is 12.3. The summed E-state index contributed by atoms with van der Waals surface area (Å²) in [5.41, 5.74) is 2.89. The molecule has 200 valence electrons. The molecule has 0 aromatic heterocycles. The minimum atomic E-state index is -5.09. The van der Waals surface area contributed by atoms with Crippen molar-refractivity contribution < 1.29 is 30.8 Å². The van der Waals surface area contributed by atoms with Gasteiger partial charge in [0.1, 0.15) is 16.2 Å². The summed E-state index contributed by atoms with van der Waals surface area (Å²) in [4.78, 5) is 2.16. The van der Waals surface area contributed by atoms with Crippen molar-refractivity contribution in [3.63, 3.8) is 0 Å². The monoisotopic (exact) mass is 546 g/mol. The molecule has 10 heteroatoms. The molecule has 2 N–H and O–H groups in total. The van der Waals surface area contributed by atoms with Crippen LogP contribution in [0.25, 0.3) is 5.57 Å². The fourth-order valence-electron chi connectivity index (χ4n) is 4.68. The highest BCUT2D eigenvalue weighted by Crippen LogP contribution is 2.35. The molecule has 8 nitrogen and oxygen atoms in total. The van der Waals surface area contributed by atoms with Crippen LogP contribution in [0.2, 0.25) is 0 Å². The van der Waals surface area contributed by atoms with Gasteiger partial charge in [0.2, 0.25) is 0 Å². The van der Waals surface area contributed by atoms with E-state index >= 15 is 0 Å². The lowest BCUT2D eigenvalue weighted by Gasteiger charge is -2.25. The van der Waals surface area contributed by atoms with E-state index in [0.717, 1.165) is 44.0 Å². The molecule has 0 atom stereocenters. The van der Waals surface area contributed by atoms with Gasteiger partial charge < -0.3 is 14.4 Å². The number of nitrogens with one attached hydrogen (secondary N) is 1. The smallest absolute Gasteiger partial charge is 0.294 e. The van der Waals surface area contributed by atoms with Crippen LogP contribution < -0.4 is 9.80 Å². The zero-order valence-corrected chi connectivity index (χ0v) is 23.1. The number of quaternary nitrogens is 1. The Balaban J connectivity index is 2.28. The zero-order valence-electron chi connectivity index (χ0n) is 21.5. The van der Waals surface area contributed by atoms with Gasteiger partial charge in [-0.15, -0.1) is 0 Å². The Morgan fingerprint density at radius 3 is 1.95 bits per heavy atom. The normalized spacial score (nSPS) is 15.9. The molecule has 37 heavy (non-hydrogen) atoms. The van der Waals surface area contributed by atoms with E-state index in [1.54, 1.807) is 0 Å². The van der Waals surface area contributed by atoms with Crippen molar-refractivity contribution in [3.8, 4) is 0 Å². The van der Waals surface area contributed by atoms with Gasteiger partial charge in [-0.05, 0) is 80.8 Å². The number of rotatable bonds is 10. The standard InChI is InChI=1S/C27H34N2O6S2/c1-5-28(6-2)22-13-9-20(10-14-22)27(21-11-15-23(16-12-21)29(7-3)8-4)25-18-17-24(36(30,31)32)19-26(25)37(33,34)35/h9-19,22H,5-8H2,1-4H3,(H,30,31,32)(H,33,34,35). The van der Waals surface area contributed by atoms with Gasteiger partial charge in [-0.2, -0.15) is 8.42 Å². The average Bonchev–Trinajstić information content (AvgIpc) is 2.86. The van der Waals surface area contributed by atoms with Crippen LogP contribution in [0.3, 0.4) is 0 Å². The number of likely N-dealkylation sites (N-methyl/N-ethyl adjacent to an activating group) is 1. The largest absolute Gasteiger partial charge is 0.744 e. The second-order valence-corrected chi connectivity index (χ2v) is 11.5. The molecule has 2 aromatic rings. The first-order valence-corrected chi connectivity index (χ1v) is 15.2. The summed E-state index contributed by atoms with van der Waals surface area (Å²) in [7, 11) is -9.81. The molecule has 0 fully saturated rings. The molecule has 0 saturated carbocycles. The summed E-state index contributed by atoms with van der Waals surface area (Å²) in [6.07, 6.45) is 7.89. The molecular weight excluding hydrogens is 512 g/mol. The summed E-state index contributed by atoms with van der Waals surface area (Å²) in [6.45, 7) is 11.8. The second-order valence-electron chi connectivity index (χ2n) is 8.75. The van der Waals surface area contributed by atoms with E-state index in [0.29, 0.717) is 16.7 Å². The Kier molecular flexibility index (Phi) is 9.14. The number of nitrogens with zero attached hydrogens (tertiary/aromatic N) is 1. The average molecular weight is 547 g/mol. The van der Waals surface area contributed by atoms with E-state index in [-0.39, 0.29) is 11.6 Å². The van der Waals surface area contributed by atoms with Crippen molar-refractivity contribution in [2.45, 2.75) is 43.5 Å². The number of benzene rings is 2. The summed E-state index contributed by atoms with van der Waals surface area (Å²) in [6, 6.07) is 10.8. The Hall–Kier alpha value is -2.76. The molecule has 0 amide bonds. The van der Waals surface area contributed by atoms with Gasteiger partial charge in [-0.1, -0.05) is 30.4 Å². The minimum Gasteiger partial charge on any atom is -0.744 e. The highest BCUT2D eigenvalue weighted by atomic mass is 32.2. The van der Waals surface area contributed by atoms with Crippen LogP contribution in [0, 0.1) is 0 Å². The Morgan fingerprint density at radius 2 is 1.49 bits per heavy atom. The van der Waals surface area contributed by atoms with Gasteiger partial charge in [0, 0.05) is 24.3 Å². The van der Waals surface area contributed by atoms with Gasteiger partial charge in [-0.25, -0.2) is 8.42 Å². The van der Waals surface area contributed by atoms with Crippen molar-refractivity contribution in [1.29, 1.82) is 0 Å². The van der Waals surface area contributed by atoms with E-state index < -0.39 is 30.0 Å². The molecular formula is C27H34N2O6S2. The van der Waals surface area contributed by atoms with E-state index in [2.05, 4.69) is 32.6 Å². The second kappa shape index (κ2) is 11.7. The Labute approximate surface area is 220 Å². The third-order valence-electron chi connectivity index (χ3n) is 6.71. The van der Waals surface area contributed by atoms with Gasteiger partial charge in [-0.3, -0.25) is 4.55 Å². The zero-order chi connectivity index (χ0) is 27.4. The summed E-state index contributed by atoms with van der Waals surface area (Å²) in [5.74, 6) is 0. The SMILES string of the molecule is CCN(CC)c1ccc(C(=C2C=CC([NH+](CC)CC)C=C2)c2ccc(S(=O)(=O)O)cc2S(=O)(=O)[O-])cc1. The van der Waals surface area contributed by atoms with E-state index in [4.69, 9.17) is 0 Å². The highest BCUT2D eigenvalue weighted by Gasteiger charge is 2.23. The fourth-order valence-corrected chi connectivity index (χ4v) is 5.97. The van der Waals surface area contributed by atoms with Crippen LogP contribution in [-0.4, -0.2) is 58.2 Å². The van der Waals surface area contributed by atoms with Gasteiger partial charge >= 0.3 is 0 Å². The molecule has 1 aliphatic rings. The van der Waals surface area contributed by atoms with Gasteiger partial charge in [0.05, 0.1) is 22.9 Å². The lowest BCUT2D eigenvalue weighted by molar-refractivity contribution is -0.908. The number of anilines is 1. The topological polar surface area (TPSA) is 119 Å². The van der Waals surface area contributed by atoms with Crippen molar-refractivity contribution in [1.82, 2.24) is 0 Å². The number of hydrogen-bond donors (Lipinski definition) is 2. The van der Waals surface area contributed by atoms with Crippen LogP contribution in [0.5, 0.6) is 0 Å². The molecule has 0 unspecified atom stereocenters.